The molecule has 0 amide bonds. The Morgan fingerprint density at radius 3 is 1.14 bits per heavy atom. The fourth-order valence-electron chi connectivity index (χ4n) is 0. The topological polar surface area (TPSA) is 63.2 Å². The summed E-state index contributed by atoms with van der Waals surface area (Å²) in [5, 5.41) is 0. The van der Waals surface area contributed by atoms with Crippen molar-refractivity contribution in [3.63, 3.8) is 0 Å². The van der Waals surface area contributed by atoms with Crippen LogP contribution in [0.1, 0.15) is 0 Å². The number of hydrogen-bond acceptors (Lipinski definition) is 3. The smallest absolute Gasteiger partial charge is 0.672 e. The maximum atomic E-state index is 8.52. The van der Waals surface area contributed by atoms with Gasteiger partial charge in [0.15, 0.2) is 0 Å². The molecule has 0 saturated heterocycles. The summed E-state index contributed by atoms with van der Waals surface area (Å²) < 4.78 is 8.52. The molecule has 0 aliphatic heterocycles. The van der Waals surface area contributed by atoms with Gasteiger partial charge in [0.05, 0.1) is 0 Å². The molecule has 3 nitrogen and oxygen atoms in total. The predicted molar refractivity (Wildman–Crippen MR) is 8.94 cm³/mol. The molecule has 7 heteroatoms. The van der Waals surface area contributed by atoms with Gasteiger partial charge in [-0.05, 0) is 0 Å². The Morgan fingerprint density at radius 2 is 1.14 bits per heavy atom. The average Bonchev–Trinajstić information content (AvgIpc) is 0.811. The molecule has 0 atom stereocenters. The largest absolute Gasteiger partial charge is 1.00 e. The molecule has 0 fully saturated rings. The van der Waals surface area contributed by atoms with Crippen LogP contribution >= 0.6 is 0 Å². The van der Waals surface area contributed by atoms with Crippen LogP contribution in [0.15, 0.2) is 0 Å². The Hall–Kier alpha value is 0.742. The van der Waals surface area contributed by atoms with Crippen LogP contribution in [0.4, 0.5) is 4.70 Å². The predicted octanol–water partition coefficient (Wildman–Crippen LogP) is -8.72. The number of hydrogen-bond donors (Lipinski definition) is 0. The zero-order valence-electron chi connectivity index (χ0n) is 4.13. The van der Waals surface area contributed by atoms with Crippen molar-refractivity contribution in [2.75, 3.05) is 0 Å². The molecule has 0 bridgehead atoms. The van der Waals surface area contributed by atoms with Crippen molar-refractivity contribution in [3.05, 3.63) is 0 Å². The van der Waals surface area contributed by atoms with Gasteiger partial charge < -0.3 is 14.1 Å². The summed E-state index contributed by atoms with van der Waals surface area (Å²) in [5.41, 5.74) is 0. The van der Waals surface area contributed by atoms with Crippen molar-refractivity contribution in [2.45, 2.75) is 0 Å². The zero-order chi connectivity index (χ0) is 3.58. The number of rotatable bonds is 0. The maximum Gasteiger partial charge on any atom is 1.00 e. The molecular weight excluding hydrogens is 109 g/mol. The second-order valence-corrected chi connectivity index (χ2v) is 0.750. The van der Waals surface area contributed by atoms with Gasteiger partial charge in [-0.25, -0.2) is 0 Å². The van der Waals surface area contributed by atoms with Gasteiger partial charge in [0.25, 0.3) is 0 Å². The van der Waals surface area contributed by atoms with E-state index in [9.17, 15) is 0 Å². The van der Waals surface area contributed by atoms with Crippen LogP contribution in [0.3, 0.4) is 0 Å². The molecule has 0 saturated carbocycles. The first-order valence-corrected chi connectivity index (χ1v) is 1.84. The Balaban J connectivity index is -0.0000000150. The Labute approximate surface area is 65.7 Å². The molecule has 0 aliphatic rings. The molecule has 0 aromatic rings. The van der Waals surface area contributed by atoms with Crippen LogP contribution in [0.5, 0.6) is 0 Å². The third-order valence-electron chi connectivity index (χ3n) is 0. The van der Waals surface area contributed by atoms with Crippen molar-refractivity contribution in [1.29, 1.82) is 0 Å². The minimum atomic E-state index is -3.63. The molecule has 0 radical (unpaired) electrons. The Kier molecular flexibility index (Phi) is 57.0. The van der Waals surface area contributed by atoms with Crippen LogP contribution in [0.2, 0.25) is 0 Å². The molecule has 0 unspecified atom stereocenters. The first kappa shape index (κ1) is 25.1. The maximum absolute atomic E-state index is 8.52. The summed E-state index contributed by atoms with van der Waals surface area (Å²) in [4.78, 5) is 17.0. The summed E-state index contributed by atoms with van der Waals surface area (Å²) in [5.74, 6) is 0. The van der Waals surface area contributed by atoms with Crippen LogP contribution in [-0.4, -0.2) is 9.17 Å². The second kappa shape index (κ2) is 15.9. The summed E-state index contributed by atoms with van der Waals surface area (Å²) >= 11 is 0. The van der Waals surface area contributed by atoms with E-state index in [-0.39, 0.29) is 42.4 Å². The van der Waals surface area contributed by atoms with Crippen molar-refractivity contribution < 1.29 is 56.5 Å². The van der Waals surface area contributed by atoms with Crippen LogP contribution in [0.25, 0.3) is 0 Å². The van der Waals surface area contributed by atoms with E-state index in [0.29, 0.717) is 0 Å². The summed E-state index contributed by atoms with van der Waals surface area (Å²) in [6, 6.07) is 0. The fraction of sp³-hybridized carbons (Fsp3) is 0. The van der Waals surface area contributed by atoms with Gasteiger partial charge >= 0.3 is 37.7 Å². The van der Waals surface area contributed by atoms with E-state index in [2.05, 4.69) is 0 Å². The van der Waals surface area contributed by atoms with Gasteiger partial charge in [0, 0.05) is 9.17 Å². The molecule has 0 aromatic heterocycles. The van der Waals surface area contributed by atoms with Crippen LogP contribution in [0, 0.1) is 0 Å². The Bertz CT molecular complexity index is 35.9. The summed E-state index contributed by atoms with van der Waals surface area (Å²) in [7, 11) is -3.63. The first-order valence-electron chi connectivity index (χ1n) is 0.612. The van der Waals surface area contributed by atoms with Gasteiger partial charge in [-0.15, -0.1) is 0 Å². The van der Waals surface area contributed by atoms with E-state index in [1.807, 2.05) is 0 Å². The molecule has 0 heterocycles. The minimum absolute atomic E-state index is 0. The standard InChI is InChI=1S/FH.2Li.O3Si/c;;;1-4(2)3/h1H;;;/q;2*+1;-2. The van der Waals surface area contributed by atoms with Gasteiger partial charge in [-0.1, -0.05) is 0 Å². The van der Waals surface area contributed by atoms with Crippen LogP contribution < -0.4 is 47.3 Å². The van der Waals surface area contributed by atoms with E-state index < -0.39 is 9.17 Å². The SMILES string of the molecule is F.O=[Si]([O-])[O-].[Li+].[Li+]. The number of halogens is 1. The average molecular weight is 110 g/mol. The van der Waals surface area contributed by atoms with Gasteiger partial charge in [-0.3, -0.25) is 4.70 Å². The summed E-state index contributed by atoms with van der Waals surface area (Å²) in [6.07, 6.45) is 0. The van der Waals surface area contributed by atoms with Crippen molar-refractivity contribution in [2.24, 2.45) is 0 Å². The molecule has 0 aliphatic carbocycles. The van der Waals surface area contributed by atoms with Crippen molar-refractivity contribution in [1.82, 2.24) is 0 Å². The molecule has 7 heavy (non-hydrogen) atoms. The first-order chi connectivity index (χ1) is 1.73. The third kappa shape index (κ3) is 276. The normalized spacial score (nSPS) is 3.43. The molecule has 32 valence electrons. The van der Waals surface area contributed by atoms with E-state index in [1.165, 1.54) is 0 Å². The van der Waals surface area contributed by atoms with Crippen LogP contribution in [-0.2, 0) is 4.46 Å². The van der Waals surface area contributed by atoms with Gasteiger partial charge in [0.1, 0.15) is 0 Å². The van der Waals surface area contributed by atoms with Crippen molar-refractivity contribution >= 4 is 9.17 Å². The molecule has 0 spiro atoms. The zero-order valence-corrected chi connectivity index (χ0v) is 5.13. The van der Waals surface area contributed by atoms with E-state index in [4.69, 9.17) is 14.1 Å². The minimum Gasteiger partial charge on any atom is -0.672 e. The summed E-state index contributed by atoms with van der Waals surface area (Å²) in [6.45, 7) is 0. The molecular formula is HFLi2O3Si. The second-order valence-electron chi connectivity index (χ2n) is 0.250. The van der Waals surface area contributed by atoms with Gasteiger partial charge in [-0.2, -0.15) is 0 Å². The fourth-order valence-corrected chi connectivity index (χ4v) is 0. The molecule has 0 N–H and O–H groups in total. The quantitative estimate of drug-likeness (QED) is 0.291. The van der Waals surface area contributed by atoms with E-state index in [1.54, 1.807) is 0 Å². The van der Waals surface area contributed by atoms with Crippen molar-refractivity contribution in [3.8, 4) is 0 Å². The molecule has 0 aromatic carbocycles. The monoisotopic (exact) mass is 110 g/mol. The van der Waals surface area contributed by atoms with E-state index >= 15 is 0 Å². The Morgan fingerprint density at radius 1 is 1.14 bits per heavy atom. The van der Waals surface area contributed by atoms with Gasteiger partial charge in [0.2, 0.25) is 0 Å². The third-order valence-corrected chi connectivity index (χ3v) is 0. The van der Waals surface area contributed by atoms with E-state index in [0.717, 1.165) is 0 Å². The molecule has 0 rings (SSSR count).